The van der Waals surface area contributed by atoms with Crippen molar-refractivity contribution in [2.45, 2.75) is 46.7 Å². The maximum Gasteiger partial charge on any atom is 0.118 e. The molecule has 1 aliphatic rings. The summed E-state index contributed by atoms with van der Waals surface area (Å²) in [6.07, 6.45) is 4.55. The van der Waals surface area contributed by atoms with Crippen LogP contribution >= 0.6 is 0 Å². The number of hydrogen-bond acceptors (Lipinski definition) is 3. The van der Waals surface area contributed by atoms with Crippen molar-refractivity contribution in [3.05, 3.63) is 23.7 Å². The van der Waals surface area contributed by atoms with E-state index in [-0.39, 0.29) is 0 Å². The van der Waals surface area contributed by atoms with Crippen molar-refractivity contribution in [1.82, 2.24) is 10.2 Å². The molecule has 1 aromatic heterocycles. The molecule has 3 nitrogen and oxygen atoms in total. The molecular formula is C16H28N2O. The standard InChI is InChI=1S/C16H28N2O/c1-4-14-5-6-18(10-14)11-16-7-15(12-19-16)9-17-8-13(2)3/h7,12-14,17H,4-6,8-11H2,1-3H3. The first-order chi connectivity index (χ1) is 9.17. The number of nitrogens with zero attached hydrogens (tertiary/aromatic N) is 1. The zero-order valence-corrected chi connectivity index (χ0v) is 12.6. The van der Waals surface area contributed by atoms with E-state index in [0.29, 0.717) is 5.92 Å². The topological polar surface area (TPSA) is 28.4 Å². The molecule has 0 aliphatic carbocycles. The summed E-state index contributed by atoms with van der Waals surface area (Å²) < 4.78 is 5.67. The van der Waals surface area contributed by atoms with Gasteiger partial charge in [-0.1, -0.05) is 27.2 Å². The van der Waals surface area contributed by atoms with Gasteiger partial charge in [-0.25, -0.2) is 0 Å². The molecule has 19 heavy (non-hydrogen) atoms. The maximum absolute atomic E-state index is 5.67. The molecule has 1 N–H and O–H groups in total. The zero-order chi connectivity index (χ0) is 13.7. The minimum Gasteiger partial charge on any atom is -0.468 e. The fourth-order valence-electron chi connectivity index (χ4n) is 2.72. The summed E-state index contributed by atoms with van der Waals surface area (Å²) in [5.41, 5.74) is 1.27. The summed E-state index contributed by atoms with van der Waals surface area (Å²) in [6.45, 7) is 12.2. The summed E-state index contributed by atoms with van der Waals surface area (Å²) >= 11 is 0. The van der Waals surface area contributed by atoms with Gasteiger partial charge in [0.05, 0.1) is 12.8 Å². The second-order valence-corrected chi connectivity index (χ2v) is 6.24. The van der Waals surface area contributed by atoms with Gasteiger partial charge in [-0.15, -0.1) is 0 Å². The lowest BCUT2D eigenvalue weighted by Gasteiger charge is -2.13. The number of furan rings is 1. The minimum atomic E-state index is 0.696. The molecule has 1 saturated heterocycles. The second-order valence-electron chi connectivity index (χ2n) is 6.24. The van der Waals surface area contributed by atoms with Crippen molar-refractivity contribution in [3.8, 4) is 0 Å². The number of likely N-dealkylation sites (tertiary alicyclic amines) is 1. The van der Waals surface area contributed by atoms with Crippen molar-refractivity contribution < 1.29 is 4.42 Å². The minimum absolute atomic E-state index is 0.696. The Morgan fingerprint density at radius 3 is 3.00 bits per heavy atom. The highest BCUT2D eigenvalue weighted by molar-refractivity contribution is 5.12. The van der Waals surface area contributed by atoms with E-state index in [2.05, 4.69) is 37.1 Å². The molecule has 1 aromatic rings. The van der Waals surface area contributed by atoms with Crippen molar-refractivity contribution in [2.24, 2.45) is 11.8 Å². The predicted octanol–water partition coefficient (Wildman–Crippen LogP) is 3.26. The number of rotatable bonds is 7. The van der Waals surface area contributed by atoms with E-state index >= 15 is 0 Å². The zero-order valence-electron chi connectivity index (χ0n) is 12.6. The maximum atomic E-state index is 5.67. The van der Waals surface area contributed by atoms with Gasteiger partial charge in [-0.3, -0.25) is 4.90 Å². The quantitative estimate of drug-likeness (QED) is 0.819. The van der Waals surface area contributed by atoms with Gasteiger partial charge >= 0.3 is 0 Å². The molecule has 1 aliphatic heterocycles. The van der Waals surface area contributed by atoms with Crippen LogP contribution in [0.5, 0.6) is 0 Å². The molecule has 0 saturated carbocycles. The third-order valence-corrected chi connectivity index (χ3v) is 3.92. The molecule has 0 amide bonds. The van der Waals surface area contributed by atoms with Gasteiger partial charge in [0.25, 0.3) is 0 Å². The molecule has 1 unspecified atom stereocenters. The first kappa shape index (κ1) is 14.6. The fraction of sp³-hybridized carbons (Fsp3) is 0.750. The lowest BCUT2D eigenvalue weighted by Crippen LogP contribution is -2.20. The van der Waals surface area contributed by atoms with Gasteiger partial charge < -0.3 is 9.73 Å². The highest BCUT2D eigenvalue weighted by atomic mass is 16.3. The highest BCUT2D eigenvalue weighted by Crippen LogP contribution is 2.21. The molecule has 0 radical (unpaired) electrons. The van der Waals surface area contributed by atoms with Crippen LogP contribution in [0, 0.1) is 11.8 Å². The van der Waals surface area contributed by atoms with Gasteiger partial charge in [-0.2, -0.15) is 0 Å². The molecule has 3 heteroatoms. The van der Waals surface area contributed by atoms with Crippen molar-refractivity contribution >= 4 is 0 Å². The van der Waals surface area contributed by atoms with Gasteiger partial charge in [0, 0.05) is 18.7 Å². The third kappa shape index (κ3) is 4.66. The number of nitrogens with one attached hydrogen (secondary N) is 1. The van der Waals surface area contributed by atoms with E-state index < -0.39 is 0 Å². The van der Waals surface area contributed by atoms with Crippen molar-refractivity contribution in [1.29, 1.82) is 0 Å². The largest absolute Gasteiger partial charge is 0.468 e. The average molecular weight is 264 g/mol. The van der Waals surface area contributed by atoms with Crippen molar-refractivity contribution in [3.63, 3.8) is 0 Å². The van der Waals surface area contributed by atoms with Crippen LogP contribution in [0.25, 0.3) is 0 Å². The average Bonchev–Trinajstić information content (AvgIpc) is 2.99. The van der Waals surface area contributed by atoms with E-state index in [4.69, 9.17) is 4.42 Å². The van der Waals surface area contributed by atoms with Crippen LogP contribution in [-0.4, -0.2) is 24.5 Å². The molecule has 0 aromatic carbocycles. The Bertz CT molecular complexity index is 373. The van der Waals surface area contributed by atoms with Gasteiger partial charge in [0.2, 0.25) is 0 Å². The van der Waals surface area contributed by atoms with Crippen LogP contribution in [0.15, 0.2) is 16.7 Å². The van der Waals surface area contributed by atoms with E-state index in [0.717, 1.165) is 31.3 Å². The smallest absolute Gasteiger partial charge is 0.118 e. The molecule has 1 fully saturated rings. The van der Waals surface area contributed by atoms with Crippen molar-refractivity contribution in [2.75, 3.05) is 19.6 Å². The molecule has 0 bridgehead atoms. The summed E-state index contributed by atoms with van der Waals surface area (Å²) in [6, 6.07) is 2.20. The molecular weight excluding hydrogens is 236 g/mol. The number of hydrogen-bond donors (Lipinski definition) is 1. The van der Waals surface area contributed by atoms with Crippen LogP contribution in [0.3, 0.4) is 0 Å². The van der Waals surface area contributed by atoms with E-state index in [1.54, 1.807) is 0 Å². The predicted molar refractivity (Wildman–Crippen MR) is 78.9 cm³/mol. The van der Waals surface area contributed by atoms with Crippen LogP contribution in [0.1, 0.15) is 44.9 Å². The summed E-state index contributed by atoms with van der Waals surface area (Å²) in [5, 5.41) is 3.45. The first-order valence-corrected chi connectivity index (χ1v) is 7.66. The summed E-state index contributed by atoms with van der Waals surface area (Å²) in [5.74, 6) is 2.70. The molecule has 0 spiro atoms. The lowest BCUT2D eigenvalue weighted by molar-refractivity contribution is 0.285. The normalized spacial score (nSPS) is 20.5. The molecule has 108 valence electrons. The van der Waals surface area contributed by atoms with Crippen LogP contribution in [0.2, 0.25) is 0 Å². The van der Waals surface area contributed by atoms with Gasteiger partial charge in [0.15, 0.2) is 0 Å². The van der Waals surface area contributed by atoms with Gasteiger partial charge in [0.1, 0.15) is 5.76 Å². The van der Waals surface area contributed by atoms with E-state index in [9.17, 15) is 0 Å². The Hall–Kier alpha value is -0.800. The van der Waals surface area contributed by atoms with E-state index in [1.807, 2.05) is 6.26 Å². The van der Waals surface area contributed by atoms with Crippen LogP contribution < -0.4 is 5.32 Å². The fourth-order valence-corrected chi connectivity index (χ4v) is 2.72. The molecule has 2 heterocycles. The summed E-state index contributed by atoms with van der Waals surface area (Å²) in [4.78, 5) is 2.51. The Morgan fingerprint density at radius 2 is 2.32 bits per heavy atom. The molecule has 2 rings (SSSR count). The van der Waals surface area contributed by atoms with Crippen LogP contribution in [0.4, 0.5) is 0 Å². The monoisotopic (exact) mass is 264 g/mol. The Kier molecular flexibility index (Phi) is 5.46. The lowest BCUT2D eigenvalue weighted by atomic mass is 10.1. The Balaban J connectivity index is 1.74. The van der Waals surface area contributed by atoms with Crippen LogP contribution in [-0.2, 0) is 13.1 Å². The third-order valence-electron chi connectivity index (χ3n) is 3.92. The molecule has 1 atom stereocenters. The van der Waals surface area contributed by atoms with Gasteiger partial charge in [-0.05, 0) is 37.4 Å². The second kappa shape index (κ2) is 7.11. The summed E-state index contributed by atoms with van der Waals surface area (Å²) in [7, 11) is 0. The first-order valence-electron chi connectivity index (χ1n) is 7.66. The Labute approximate surface area is 117 Å². The Morgan fingerprint density at radius 1 is 1.47 bits per heavy atom. The van der Waals surface area contributed by atoms with E-state index in [1.165, 1.54) is 31.5 Å². The highest BCUT2D eigenvalue weighted by Gasteiger charge is 2.21. The SMILES string of the molecule is CCC1CCN(Cc2cc(CNCC(C)C)co2)C1.